The Morgan fingerprint density at radius 2 is 0.708 bits per heavy atom. The Kier molecular flexibility index (Phi) is 9.11. The molecule has 2 aromatic heterocycles. The summed E-state index contributed by atoms with van der Waals surface area (Å²) in [5, 5.41) is 4.91. The Balaban J connectivity index is 0.921. The van der Waals surface area contributed by atoms with Crippen LogP contribution in [0, 0.1) is 0 Å². The topological polar surface area (TPSA) is 28.3 Å². The van der Waals surface area contributed by atoms with Gasteiger partial charge in [0.15, 0.2) is 0 Å². The molecule has 2 aliphatic rings. The number of rotatable bonds is 7. The smallest absolute Gasteiger partial charge is 0.260 e. The second-order valence-electron chi connectivity index (χ2n) is 18.8. The van der Waals surface area contributed by atoms with Gasteiger partial charge < -0.3 is 18.6 Å². The summed E-state index contributed by atoms with van der Waals surface area (Å²) in [6, 6.07) is 94.9. The van der Waals surface area contributed by atoms with Crippen LogP contribution in [-0.2, 0) is 0 Å². The number of para-hydroxylation sites is 4. The molecular weight excluding hydrogens is 896 g/mol. The summed E-state index contributed by atoms with van der Waals surface area (Å²) in [6.45, 7) is -0.146. The predicted molar refractivity (Wildman–Crippen MR) is 298 cm³/mol. The monoisotopic (exact) mass is 938 g/mol. The lowest BCUT2D eigenvalue weighted by molar-refractivity contribution is 0.465. The standard InChI is InChI=1S/C66H43BN2O2S/c1-4-18-47(19-5-1)72(48-20-6-2-7-21-48,49-22-8-3-9-23-49)50-36-32-44(33-37-50)51-38-41-62-65-66(51)71-64-43-46(69-60-30-16-12-26-54(60)55-27-13-17-31-61(55)69)35-40-57(64)67(65)56-39-34-45(42-63(56)70-62)68-58-28-14-10-24-52(58)53-25-11-15-29-59(53)68/h1-43H. The molecule has 11 aromatic carbocycles. The van der Waals surface area contributed by atoms with E-state index < -0.39 is 10.0 Å². The average Bonchev–Trinajstić information content (AvgIpc) is 3.97. The highest BCUT2D eigenvalue weighted by Gasteiger charge is 2.42. The maximum atomic E-state index is 7.38. The molecule has 0 spiro atoms. The van der Waals surface area contributed by atoms with Crippen LogP contribution in [0.4, 0.5) is 0 Å². The SMILES string of the molecule is c1ccc(S(c2ccccc2)(c2ccccc2)c2ccc(-c3ccc4c5c3Oc3cc(-n6c7ccccc7c7ccccc76)ccc3B5c3ccc(-n5c6ccccc6c6ccccc65)cc3O4)cc2)cc1. The molecule has 0 atom stereocenters. The van der Waals surface area contributed by atoms with Crippen LogP contribution in [0.15, 0.2) is 280 Å². The molecule has 0 amide bonds. The molecular formula is C66H43BN2O2S. The van der Waals surface area contributed by atoms with Gasteiger partial charge in [-0.2, -0.15) is 0 Å². The lowest BCUT2D eigenvalue weighted by Gasteiger charge is -2.42. The first kappa shape index (κ1) is 40.9. The number of aromatic nitrogens is 2. The highest BCUT2D eigenvalue weighted by molar-refractivity contribution is 8.34. The highest BCUT2D eigenvalue weighted by atomic mass is 32.3. The van der Waals surface area contributed by atoms with Crippen LogP contribution >= 0.6 is 10.0 Å². The Labute approximate surface area is 419 Å². The van der Waals surface area contributed by atoms with Gasteiger partial charge >= 0.3 is 0 Å². The normalized spacial score (nSPS) is 12.9. The van der Waals surface area contributed by atoms with Crippen molar-refractivity contribution in [3.63, 3.8) is 0 Å². The van der Waals surface area contributed by atoms with Gasteiger partial charge in [0.25, 0.3) is 6.71 Å². The van der Waals surface area contributed by atoms with E-state index in [4.69, 9.17) is 9.47 Å². The first-order valence-electron chi connectivity index (χ1n) is 24.6. The van der Waals surface area contributed by atoms with E-state index in [0.29, 0.717) is 0 Å². The molecule has 338 valence electrons. The number of hydrogen-bond donors (Lipinski definition) is 0. The molecule has 0 bridgehead atoms. The summed E-state index contributed by atoms with van der Waals surface area (Å²) in [6.07, 6.45) is 0. The summed E-state index contributed by atoms with van der Waals surface area (Å²) in [5.41, 5.74) is 12.1. The number of ether oxygens (including phenoxy) is 2. The lowest BCUT2D eigenvalue weighted by atomic mass is 9.34. The fourth-order valence-electron chi connectivity index (χ4n) is 11.9. The van der Waals surface area contributed by atoms with E-state index in [-0.39, 0.29) is 6.71 Å². The maximum absolute atomic E-state index is 7.38. The molecule has 4 heterocycles. The summed E-state index contributed by atoms with van der Waals surface area (Å²) < 4.78 is 19.2. The number of nitrogens with zero attached hydrogens (tertiary/aromatic N) is 2. The minimum absolute atomic E-state index is 0.146. The Bertz CT molecular complexity index is 4070. The molecule has 13 aromatic rings. The maximum Gasteiger partial charge on any atom is 0.260 e. The van der Waals surface area contributed by atoms with Crippen LogP contribution in [0.3, 0.4) is 0 Å². The predicted octanol–water partition coefficient (Wildman–Crippen LogP) is 15.6. The van der Waals surface area contributed by atoms with Crippen molar-refractivity contribution in [3.8, 4) is 45.5 Å². The van der Waals surface area contributed by atoms with Gasteiger partial charge in [-0.15, -0.1) is 10.0 Å². The first-order chi connectivity index (χ1) is 35.7. The highest BCUT2D eigenvalue weighted by Crippen LogP contribution is 2.73. The molecule has 72 heavy (non-hydrogen) atoms. The van der Waals surface area contributed by atoms with E-state index in [2.05, 4.69) is 270 Å². The van der Waals surface area contributed by atoms with Crippen LogP contribution in [0.5, 0.6) is 23.0 Å². The van der Waals surface area contributed by atoms with E-state index in [1.54, 1.807) is 0 Å². The molecule has 0 unspecified atom stereocenters. The zero-order valence-corrected chi connectivity index (χ0v) is 39.8. The average molecular weight is 939 g/mol. The second-order valence-corrected chi connectivity index (χ2v) is 21.9. The lowest BCUT2D eigenvalue weighted by Crippen LogP contribution is -2.57. The number of fused-ring (bicyclic) bond motifs is 10. The van der Waals surface area contributed by atoms with Crippen LogP contribution in [-0.4, -0.2) is 15.8 Å². The fraction of sp³-hybridized carbons (Fsp3) is 0. The Morgan fingerprint density at radius 1 is 0.319 bits per heavy atom. The van der Waals surface area contributed by atoms with Crippen LogP contribution in [0.2, 0.25) is 0 Å². The van der Waals surface area contributed by atoms with Gasteiger partial charge in [-0.25, -0.2) is 0 Å². The van der Waals surface area contributed by atoms with Gasteiger partial charge in [0, 0.05) is 75.7 Å². The second kappa shape index (κ2) is 16.0. The molecule has 6 heteroatoms. The van der Waals surface area contributed by atoms with Gasteiger partial charge in [0.2, 0.25) is 0 Å². The van der Waals surface area contributed by atoms with Gasteiger partial charge in [-0.1, -0.05) is 152 Å². The molecule has 0 radical (unpaired) electrons. The molecule has 0 fully saturated rings. The summed E-state index contributed by atoms with van der Waals surface area (Å²) in [7, 11) is -1.87. The van der Waals surface area contributed by atoms with Crippen molar-refractivity contribution in [2.24, 2.45) is 0 Å². The summed E-state index contributed by atoms with van der Waals surface area (Å²) in [5.74, 6) is 3.31. The molecule has 4 nitrogen and oxygen atoms in total. The quantitative estimate of drug-likeness (QED) is 0.149. The zero-order chi connectivity index (χ0) is 47.3. The molecule has 0 aliphatic carbocycles. The van der Waals surface area contributed by atoms with Crippen molar-refractivity contribution < 1.29 is 9.47 Å². The van der Waals surface area contributed by atoms with E-state index in [1.165, 1.54) is 41.1 Å². The van der Waals surface area contributed by atoms with Crippen molar-refractivity contribution in [1.82, 2.24) is 9.13 Å². The number of hydrogen-bond acceptors (Lipinski definition) is 2. The molecule has 0 N–H and O–H groups in total. The summed E-state index contributed by atoms with van der Waals surface area (Å²) >= 11 is 0. The first-order valence-corrected chi connectivity index (χ1v) is 26.2. The molecule has 0 saturated heterocycles. The van der Waals surface area contributed by atoms with Crippen molar-refractivity contribution in [3.05, 3.63) is 261 Å². The van der Waals surface area contributed by atoms with Crippen LogP contribution in [0.25, 0.3) is 66.1 Å². The van der Waals surface area contributed by atoms with Crippen LogP contribution in [0.1, 0.15) is 0 Å². The fourth-order valence-corrected chi connectivity index (χ4v) is 15.8. The van der Waals surface area contributed by atoms with E-state index in [1.807, 2.05) is 0 Å². The third-order valence-electron chi connectivity index (χ3n) is 15.0. The zero-order valence-electron chi connectivity index (χ0n) is 39.0. The third kappa shape index (κ3) is 5.97. The Morgan fingerprint density at radius 3 is 1.15 bits per heavy atom. The number of benzene rings is 11. The van der Waals surface area contributed by atoms with Crippen molar-refractivity contribution in [1.29, 1.82) is 0 Å². The van der Waals surface area contributed by atoms with E-state index in [9.17, 15) is 0 Å². The third-order valence-corrected chi connectivity index (χ3v) is 18.9. The summed E-state index contributed by atoms with van der Waals surface area (Å²) in [4.78, 5) is 5.13. The van der Waals surface area contributed by atoms with Gasteiger partial charge in [-0.3, -0.25) is 0 Å². The van der Waals surface area contributed by atoms with Gasteiger partial charge in [0.05, 0.1) is 22.1 Å². The van der Waals surface area contributed by atoms with Gasteiger partial charge in [0.1, 0.15) is 23.0 Å². The van der Waals surface area contributed by atoms with Crippen LogP contribution < -0.4 is 25.9 Å². The molecule has 15 rings (SSSR count). The van der Waals surface area contributed by atoms with Crippen molar-refractivity contribution in [2.75, 3.05) is 0 Å². The van der Waals surface area contributed by atoms with Gasteiger partial charge in [-0.05, 0) is 114 Å². The molecule has 0 saturated carbocycles. The largest absolute Gasteiger partial charge is 0.458 e. The minimum atomic E-state index is -1.87. The Hall–Kier alpha value is -8.97. The molecule has 2 aliphatic heterocycles. The minimum Gasteiger partial charge on any atom is -0.458 e. The van der Waals surface area contributed by atoms with E-state index in [0.717, 1.165) is 84.0 Å². The van der Waals surface area contributed by atoms with Crippen molar-refractivity contribution in [2.45, 2.75) is 19.6 Å². The van der Waals surface area contributed by atoms with E-state index >= 15 is 0 Å². The van der Waals surface area contributed by atoms with Crippen molar-refractivity contribution >= 4 is 76.7 Å².